The highest BCUT2D eigenvalue weighted by molar-refractivity contribution is 5.90. The smallest absolute Gasteiger partial charge is 0.407 e. The first kappa shape index (κ1) is 23.7. The Morgan fingerprint density at radius 3 is 2.29 bits per heavy atom. The van der Waals surface area contributed by atoms with Gasteiger partial charge in [-0.15, -0.1) is 0 Å². The summed E-state index contributed by atoms with van der Waals surface area (Å²) in [6, 6.07) is 13.7. The molecular weight excluding hydrogens is 440 g/mol. The average molecular weight is 469 g/mol. The third-order valence-electron chi connectivity index (χ3n) is 6.39. The number of ether oxygens (including phenoxy) is 2. The standard InChI is InChI=1S/C25H28N2O7/c1-33-11-10-21(23(29)27-13-15(28)12-22(27)24(30)31)26-25(32)34-14-20-18-8-4-2-6-16(18)17-7-3-5-9-19(17)20/h2-9,15,20-22,28H,10-14H2,1H3,(H,26,32)(H,30,31)/t15?,21?,22-/m0/s1. The van der Waals surface area contributed by atoms with Crippen LogP contribution in [0.2, 0.25) is 0 Å². The van der Waals surface area contributed by atoms with Crippen LogP contribution in [0, 0.1) is 0 Å². The van der Waals surface area contributed by atoms with Crippen LogP contribution in [-0.2, 0) is 19.1 Å². The van der Waals surface area contributed by atoms with Crippen LogP contribution in [0.1, 0.15) is 29.9 Å². The summed E-state index contributed by atoms with van der Waals surface area (Å²) in [4.78, 5) is 38.4. The van der Waals surface area contributed by atoms with E-state index in [1.807, 2.05) is 48.5 Å². The summed E-state index contributed by atoms with van der Waals surface area (Å²) in [7, 11) is 1.47. The summed E-state index contributed by atoms with van der Waals surface area (Å²) in [5.74, 6) is -1.91. The number of amides is 2. The number of nitrogens with zero attached hydrogens (tertiary/aromatic N) is 1. The summed E-state index contributed by atoms with van der Waals surface area (Å²) in [5.41, 5.74) is 4.35. The molecular formula is C25H28N2O7. The molecule has 2 aromatic rings. The normalized spacial score (nSPS) is 19.9. The van der Waals surface area contributed by atoms with Crippen molar-refractivity contribution in [2.24, 2.45) is 0 Å². The molecule has 9 heteroatoms. The third kappa shape index (κ3) is 4.76. The fourth-order valence-electron chi connectivity index (χ4n) is 4.77. The molecule has 1 aliphatic heterocycles. The van der Waals surface area contributed by atoms with Crippen molar-refractivity contribution in [1.82, 2.24) is 10.2 Å². The topological polar surface area (TPSA) is 125 Å². The second kappa shape index (κ2) is 10.2. The zero-order valence-electron chi connectivity index (χ0n) is 18.8. The van der Waals surface area contributed by atoms with Crippen molar-refractivity contribution in [3.63, 3.8) is 0 Å². The third-order valence-corrected chi connectivity index (χ3v) is 6.39. The van der Waals surface area contributed by atoms with E-state index in [1.54, 1.807) is 0 Å². The van der Waals surface area contributed by atoms with Gasteiger partial charge < -0.3 is 29.9 Å². The lowest BCUT2D eigenvalue weighted by Gasteiger charge is -2.27. The van der Waals surface area contributed by atoms with E-state index in [9.17, 15) is 24.6 Å². The number of carboxylic acids is 1. The second-order valence-corrected chi connectivity index (χ2v) is 8.54. The molecule has 180 valence electrons. The largest absolute Gasteiger partial charge is 0.480 e. The summed E-state index contributed by atoms with van der Waals surface area (Å²) < 4.78 is 10.6. The maximum absolute atomic E-state index is 13.1. The lowest BCUT2D eigenvalue weighted by molar-refractivity contribution is -0.149. The van der Waals surface area contributed by atoms with Crippen LogP contribution in [0.5, 0.6) is 0 Å². The summed E-state index contributed by atoms with van der Waals surface area (Å²) in [6.45, 7) is 0.158. The first-order valence-corrected chi connectivity index (χ1v) is 11.2. The molecule has 1 saturated heterocycles. The van der Waals surface area contributed by atoms with E-state index in [1.165, 1.54) is 7.11 Å². The van der Waals surface area contributed by atoms with Gasteiger partial charge in [-0.25, -0.2) is 9.59 Å². The van der Waals surface area contributed by atoms with Crippen LogP contribution in [0.3, 0.4) is 0 Å². The predicted octanol–water partition coefficient (Wildman–Crippen LogP) is 1.98. The fourth-order valence-corrected chi connectivity index (χ4v) is 4.77. The van der Waals surface area contributed by atoms with Crippen LogP contribution >= 0.6 is 0 Å². The lowest BCUT2D eigenvalue weighted by Crippen LogP contribution is -2.52. The van der Waals surface area contributed by atoms with E-state index in [4.69, 9.17) is 9.47 Å². The summed E-state index contributed by atoms with van der Waals surface area (Å²) in [6.07, 6.45) is -1.62. The van der Waals surface area contributed by atoms with Crippen molar-refractivity contribution < 1.29 is 34.1 Å². The molecule has 0 bridgehead atoms. The quantitative estimate of drug-likeness (QED) is 0.541. The van der Waals surface area contributed by atoms with Gasteiger partial charge in [0.05, 0.1) is 6.10 Å². The number of aliphatic carboxylic acids is 1. The predicted molar refractivity (Wildman–Crippen MR) is 122 cm³/mol. The van der Waals surface area contributed by atoms with Gasteiger partial charge in [0, 0.05) is 39.0 Å². The molecule has 0 spiro atoms. The molecule has 4 rings (SSSR count). The Labute approximate surface area is 197 Å². The lowest BCUT2D eigenvalue weighted by atomic mass is 9.98. The molecule has 2 unspecified atom stereocenters. The number of hydrogen-bond acceptors (Lipinski definition) is 6. The van der Waals surface area contributed by atoms with Crippen LogP contribution in [0.4, 0.5) is 4.79 Å². The number of methoxy groups -OCH3 is 1. The Hall–Kier alpha value is -3.43. The second-order valence-electron chi connectivity index (χ2n) is 8.54. The number of fused-ring (bicyclic) bond motifs is 3. The highest BCUT2D eigenvalue weighted by Crippen LogP contribution is 2.44. The van der Waals surface area contributed by atoms with Crippen molar-refractivity contribution >= 4 is 18.0 Å². The van der Waals surface area contributed by atoms with Crippen molar-refractivity contribution in [1.29, 1.82) is 0 Å². The number of likely N-dealkylation sites (tertiary alicyclic amines) is 1. The van der Waals surface area contributed by atoms with Crippen molar-refractivity contribution in [3.05, 3.63) is 59.7 Å². The van der Waals surface area contributed by atoms with Gasteiger partial charge in [-0.1, -0.05) is 48.5 Å². The number of β-amino-alcohol motifs (C(OH)–C–C–N with tert-alkyl or cyclic N) is 1. The number of nitrogens with one attached hydrogen (secondary N) is 1. The maximum atomic E-state index is 13.1. The number of carboxylic acid groups (broad SMARTS) is 1. The minimum atomic E-state index is -1.20. The van der Waals surface area contributed by atoms with E-state index >= 15 is 0 Å². The molecule has 2 aliphatic rings. The number of rotatable bonds is 8. The Morgan fingerprint density at radius 1 is 1.09 bits per heavy atom. The molecule has 1 heterocycles. The number of alkyl carbamates (subject to hydrolysis) is 1. The fraction of sp³-hybridized carbons (Fsp3) is 0.400. The van der Waals surface area contributed by atoms with Crippen LogP contribution < -0.4 is 5.32 Å². The Kier molecular flexibility index (Phi) is 7.14. The molecule has 3 atom stereocenters. The molecule has 0 radical (unpaired) electrons. The zero-order chi connectivity index (χ0) is 24.2. The highest BCUT2D eigenvalue weighted by Gasteiger charge is 2.41. The first-order chi connectivity index (χ1) is 16.4. The number of benzene rings is 2. The SMILES string of the molecule is COCCC(NC(=O)OCC1c2ccccc2-c2ccccc21)C(=O)N1CC(O)C[C@H]1C(=O)O. The van der Waals surface area contributed by atoms with Gasteiger partial charge in [-0.05, 0) is 22.3 Å². The molecule has 9 nitrogen and oxygen atoms in total. The van der Waals surface area contributed by atoms with Gasteiger partial charge in [0.15, 0.2) is 0 Å². The summed E-state index contributed by atoms with van der Waals surface area (Å²) in [5, 5.41) is 21.9. The number of hydrogen-bond donors (Lipinski definition) is 3. The molecule has 1 fully saturated rings. The van der Waals surface area contributed by atoms with E-state index in [2.05, 4.69) is 5.32 Å². The number of carbonyl (C=O) groups is 3. The van der Waals surface area contributed by atoms with Crippen LogP contribution in [0.15, 0.2) is 48.5 Å². The van der Waals surface area contributed by atoms with Crippen molar-refractivity contribution in [2.75, 3.05) is 26.9 Å². The molecule has 3 N–H and O–H groups in total. The Morgan fingerprint density at radius 2 is 1.71 bits per heavy atom. The molecule has 0 aromatic heterocycles. The van der Waals surface area contributed by atoms with E-state index in [0.717, 1.165) is 27.2 Å². The monoisotopic (exact) mass is 468 g/mol. The van der Waals surface area contributed by atoms with Gasteiger partial charge >= 0.3 is 12.1 Å². The van der Waals surface area contributed by atoms with E-state index in [-0.39, 0.29) is 38.5 Å². The van der Waals surface area contributed by atoms with E-state index < -0.39 is 36.2 Å². The average Bonchev–Trinajstić information content (AvgIpc) is 3.38. The molecule has 2 aromatic carbocycles. The Balaban J connectivity index is 1.44. The van der Waals surface area contributed by atoms with Crippen molar-refractivity contribution in [2.45, 2.75) is 36.9 Å². The van der Waals surface area contributed by atoms with Gasteiger partial charge in [0.1, 0.15) is 18.7 Å². The molecule has 0 saturated carbocycles. The van der Waals surface area contributed by atoms with Crippen LogP contribution in [0.25, 0.3) is 11.1 Å². The van der Waals surface area contributed by atoms with Crippen LogP contribution in [-0.4, -0.2) is 78.1 Å². The highest BCUT2D eigenvalue weighted by atomic mass is 16.5. The minimum Gasteiger partial charge on any atom is -0.480 e. The molecule has 1 aliphatic carbocycles. The first-order valence-electron chi connectivity index (χ1n) is 11.2. The van der Waals surface area contributed by atoms with E-state index in [0.29, 0.717) is 0 Å². The number of carbonyl (C=O) groups excluding carboxylic acids is 2. The molecule has 2 amide bonds. The van der Waals surface area contributed by atoms with Gasteiger partial charge in [0.2, 0.25) is 5.91 Å². The Bertz CT molecular complexity index is 1030. The van der Waals surface area contributed by atoms with Gasteiger partial charge in [-0.2, -0.15) is 0 Å². The number of aliphatic hydroxyl groups excluding tert-OH is 1. The molecule has 34 heavy (non-hydrogen) atoms. The minimum absolute atomic E-state index is 0.0526. The summed E-state index contributed by atoms with van der Waals surface area (Å²) >= 11 is 0. The van der Waals surface area contributed by atoms with Gasteiger partial charge in [0.25, 0.3) is 0 Å². The van der Waals surface area contributed by atoms with Gasteiger partial charge in [-0.3, -0.25) is 4.79 Å². The zero-order valence-corrected chi connectivity index (χ0v) is 18.8. The number of aliphatic hydroxyl groups is 1. The maximum Gasteiger partial charge on any atom is 0.407 e. The van der Waals surface area contributed by atoms with Crippen molar-refractivity contribution in [3.8, 4) is 11.1 Å².